The maximum atomic E-state index is 10.3. The molecule has 0 heterocycles. The van der Waals surface area contributed by atoms with E-state index in [0.29, 0.717) is 42.8 Å². The Kier molecular flexibility index (Phi) is 8.14. The van der Waals surface area contributed by atoms with Crippen LogP contribution in [0, 0.1) is 6.92 Å². The Labute approximate surface area is 183 Å². The first-order valence-electron chi connectivity index (χ1n) is 10.1. The zero-order valence-electron chi connectivity index (χ0n) is 17.4. The molecule has 2 N–H and O–H groups in total. The monoisotopic (exact) mass is 425 g/mol. The number of rotatable bonds is 10. The molecule has 1 atom stereocenters. The van der Waals surface area contributed by atoms with Gasteiger partial charge in [0, 0.05) is 13.1 Å². The Hall–Kier alpha value is -2.53. The number of ether oxygens (including phenoxy) is 2. The summed E-state index contributed by atoms with van der Waals surface area (Å²) < 4.78 is 11.8. The van der Waals surface area contributed by atoms with Crippen molar-refractivity contribution in [2.45, 2.75) is 33.1 Å². The van der Waals surface area contributed by atoms with Crippen molar-refractivity contribution >= 4 is 11.6 Å². The number of aliphatic hydroxyl groups excluding tert-OH is 1. The van der Waals surface area contributed by atoms with Crippen molar-refractivity contribution in [3.63, 3.8) is 0 Å². The van der Waals surface area contributed by atoms with Crippen molar-refractivity contribution in [1.29, 1.82) is 0 Å². The van der Waals surface area contributed by atoms with Crippen LogP contribution in [0.15, 0.2) is 66.7 Å². The summed E-state index contributed by atoms with van der Waals surface area (Å²) >= 11 is 6.52. The lowest BCUT2D eigenvalue weighted by Crippen LogP contribution is -2.21. The Bertz CT molecular complexity index is 946. The van der Waals surface area contributed by atoms with Crippen LogP contribution < -0.4 is 14.8 Å². The summed E-state index contributed by atoms with van der Waals surface area (Å²) in [5, 5.41) is 14.1. The quantitative estimate of drug-likeness (QED) is 0.453. The van der Waals surface area contributed by atoms with E-state index < -0.39 is 6.10 Å². The third-order valence-electron chi connectivity index (χ3n) is 4.69. The highest BCUT2D eigenvalue weighted by molar-refractivity contribution is 6.32. The highest BCUT2D eigenvalue weighted by Crippen LogP contribution is 2.37. The Morgan fingerprint density at radius 2 is 1.77 bits per heavy atom. The fourth-order valence-corrected chi connectivity index (χ4v) is 3.52. The molecule has 0 radical (unpaired) electrons. The van der Waals surface area contributed by atoms with Gasteiger partial charge in [-0.25, -0.2) is 0 Å². The number of benzene rings is 3. The summed E-state index contributed by atoms with van der Waals surface area (Å²) in [5.41, 5.74) is 4.12. The van der Waals surface area contributed by atoms with Crippen LogP contribution in [0.4, 0.5) is 0 Å². The maximum absolute atomic E-state index is 10.3. The van der Waals surface area contributed by atoms with Gasteiger partial charge in [0.25, 0.3) is 0 Å². The zero-order valence-corrected chi connectivity index (χ0v) is 18.2. The van der Waals surface area contributed by atoms with Crippen LogP contribution in [0.3, 0.4) is 0 Å². The van der Waals surface area contributed by atoms with Gasteiger partial charge < -0.3 is 19.9 Å². The average Bonchev–Trinajstić information content (AvgIpc) is 2.74. The standard InChI is InChI=1S/C25H28ClNO3/c1-3-29-24-14-20(15-27-16-23(28)21-10-5-4-6-11-21)13-22(26)25(24)30-17-19-9-7-8-18(2)12-19/h4-14,23,27-28H,3,15-17H2,1-2H3. The summed E-state index contributed by atoms with van der Waals surface area (Å²) in [5.74, 6) is 1.17. The molecule has 30 heavy (non-hydrogen) atoms. The van der Waals surface area contributed by atoms with E-state index in [-0.39, 0.29) is 0 Å². The molecule has 0 aliphatic heterocycles. The lowest BCUT2D eigenvalue weighted by molar-refractivity contribution is 0.174. The number of halogens is 1. The van der Waals surface area contributed by atoms with E-state index in [4.69, 9.17) is 21.1 Å². The molecule has 0 saturated heterocycles. The summed E-state index contributed by atoms with van der Waals surface area (Å²) in [6, 6.07) is 21.6. The Balaban J connectivity index is 1.64. The van der Waals surface area contributed by atoms with Crippen LogP contribution in [0.1, 0.15) is 35.3 Å². The number of nitrogens with one attached hydrogen (secondary N) is 1. The molecule has 0 aliphatic rings. The van der Waals surface area contributed by atoms with Gasteiger partial charge in [-0.05, 0) is 42.7 Å². The first-order chi connectivity index (χ1) is 14.6. The molecule has 0 amide bonds. The van der Waals surface area contributed by atoms with Crippen molar-refractivity contribution in [1.82, 2.24) is 5.32 Å². The summed E-state index contributed by atoms with van der Waals surface area (Å²) in [7, 11) is 0. The molecule has 3 aromatic carbocycles. The number of aryl methyl sites for hydroxylation is 1. The second kappa shape index (κ2) is 11.0. The lowest BCUT2D eigenvalue weighted by Gasteiger charge is -2.16. The minimum Gasteiger partial charge on any atom is -0.490 e. The molecule has 4 nitrogen and oxygen atoms in total. The van der Waals surface area contributed by atoms with E-state index in [1.54, 1.807) is 0 Å². The van der Waals surface area contributed by atoms with Gasteiger partial charge in [0.2, 0.25) is 0 Å². The predicted molar refractivity (Wildman–Crippen MR) is 121 cm³/mol. The Morgan fingerprint density at radius 1 is 0.967 bits per heavy atom. The van der Waals surface area contributed by atoms with Gasteiger partial charge in [-0.3, -0.25) is 0 Å². The van der Waals surface area contributed by atoms with Crippen LogP contribution in [-0.4, -0.2) is 18.3 Å². The largest absolute Gasteiger partial charge is 0.490 e. The van der Waals surface area contributed by atoms with Crippen molar-refractivity contribution in [2.75, 3.05) is 13.2 Å². The van der Waals surface area contributed by atoms with Crippen molar-refractivity contribution < 1.29 is 14.6 Å². The van der Waals surface area contributed by atoms with Gasteiger partial charge in [0.15, 0.2) is 11.5 Å². The van der Waals surface area contributed by atoms with E-state index >= 15 is 0 Å². The third kappa shape index (κ3) is 6.23. The van der Waals surface area contributed by atoms with Crippen LogP contribution in [0.5, 0.6) is 11.5 Å². The molecule has 0 fully saturated rings. The number of hydrogen-bond donors (Lipinski definition) is 2. The summed E-state index contributed by atoms with van der Waals surface area (Å²) in [4.78, 5) is 0. The molecular formula is C25H28ClNO3. The van der Waals surface area contributed by atoms with Crippen LogP contribution in [0.2, 0.25) is 5.02 Å². The van der Waals surface area contributed by atoms with E-state index in [0.717, 1.165) is 16.7 Å². The van der Waals surface area contributed by atoms with Crippen LogP contribution >= 0.6 is 11.6 Å². The van der Waals surface area contributed by atoms with E-state index in [9.17, 15) is 5.11 Å². The summed E-state index contributed by atoms with van der Waals surface area (Å²) in [6.45, 7) is 5.92. The minimum atomic E-state index is -0.565. The van der Waals surface area contributed by atoms with Gasteiger partial charge >= 0.3 is 0 Å². The fourth-order valence-electron chi connectivity index (χ4n) is 3.23. The number of aliphatic hydroxyl groups is 1. The zero-order chi connectivity index (χ0) is 21.3. The molecule has 0 aromatic heterocycles. The van der Waals surface area contributed by atoms with Crippen molar-refractivity contribution in [2.24, 2.45) is 0 Å². The normalized spacial score (nSPS) is 11.9. The minimum absolute atomic E-state index is 0.419. The van der Waals surface area contributed by atoms with E-state index in [1.165, 1.54) is 5.56 Å². The summed E-state index contributed by atoms with van der Waals surface area (Å²) in [6.07, 6.45) is -0.565. The molecule has 0 spiro atoms. The molecule has 1 unspecified atom stereocenters. The molecule has 3 rings (SSSR count). The first kappa shape index (κ1) is 22.2. The number of hydrogen-bond acceptors (Lipinski definition) is 4. The topological polar surface area (TPSA) is 50.7 Å². The molecule has 0 aliphatic carbocycles. The van der Waals surface area contributed by atoms with Gasteiger partial charge in [-0.15, -0.1) is 0 Å². The smallest absolute Gasteiger partial charge is 0.180 e. The van der Waals surface area contributed by atoms with Crippen molar-refractivity contribution in [3.05, 3.63) is 94.0 Å². The van der Waals surface area contributed by atoms with Gasteiger partial charge in [0.1, 0.15) is 6.61 Å². The van der Waals surface area contributed by atoms with Crippen LogP contribution in [-0.2, 0) is 13.2 Å². The second-order valence-electron chi connectivity index (χ2n) is 7.17. The van der Waals surface area contributed by atoms with Crippen LogP contribution in [0.25, 0.3) is 0 Å². The second-order valence-corrected chi connectivity index (χ2v) is 7.58. The molecule has 158 valence electrons. The Morgan fingerprint density at radius 3 is 2.50 bits per heavy atom. The van der Waals surface area contributed by atoms with Gasteiger partial charge in [-0.1, -0.05) is 71.8 Å². The molecular weight excluding hydrogens is 398 g/mol. The van der Waals surface area contributed by atoms with Gasteiger partial charge in [0.05, 0.1) is 17.7 Å². The van der Waals surface area contributed by atoms with Crippen molar-refractivity contribution in [3.8, 4) is 11.5 Å². The average molecular weight is 426 g/mol. The highest BCUT2D eigenvalue weighted by atomic mass is 35.5. The molecule has 5 heteroatoms. The SMILES string of the molecule is CCOc1cc(CNCC(O)c2ccccc2)cc(Cl)c1OCc1cccc(C)c1. The molecule has 0 bridgehead atoms. The van der Waals surface area contributed by atoms with E-state index in [1.807, 2.05) is 61.5 Å². The third-order valence-corrected chi connectivity index (χ3v) is 4.97. The van der Waals surface area contributed by atoms with Gasteiger partial charge in [-0.2, -0.15) is 0 Å². The first-order valence-corrected chi connectivity index (χ1v) is 10.5. The predicted octanol–water partition coefficient (Wildman–Crippen LogP) is 5.45. The maximum Gasteiger partial charge on any atom is 0.180 e. The fraction of sp³-hybridized carbons (Fsp3) is 0.280. The van der Waals surface area contributed by atoms with E-state index in [2.05, 4.69) is 24.4 Å². The lowest BCUT2D eigenvalue weighted by atomic mass is 10.1. The highest BCUT2D eigenvalue weighted by Gasteiger charge is 2.14. The molecule has 0 saturated carbocycles. The molecule has 3 aromatic rings.